The van der Waals surface area contributed by atoms with Gasteiger partial charge in [-0.15, -0.1) is 0 Å². The minimum Gasteiger partial charge on any atom is -0.376 e. The second-order valence-corrected chi connectivity index (χ2v) is 7.28. The van der Waals surface area contributed by atoms with E-state index >= 15 is 0 Å². The zero-order chi connectivity index (χ0) is 20.1. The van der Waals surface area contributed by atoms with Crippen LogP contribution in [0.25, 0.3) is 0 Å². The SMILES string of the molecule is O=C(c1ccc(F)cc1)N(Cc1nccn1Cc1ccccc1)C[C@@H]1CCCO1. The van der Waals surface area contributed by atoms with Gasteiger partial charge in [0.2, 0.25) is 0 Å². The highest BCUT2D eigenvalue weighted by molar-refractivity contribution is 5.94. The molecular weight excluding hydrogens is 369 g/mol. The van der Waals surface area contributed by atoms with Crippen molar-refractivity contribution in [3.8, 4) is 0 Å². The third kappa shape index (κ3) is 4.90. The number of rotatable bonds is 7. The molecule has 150 valence electrons. The number of hydrogen-bond acceptors (Lipinski definition) is 3. The quantitative estimate of drug-likeness (QED) is 0.612. The Hall–Kier alpha value is -2.99. The molecule has 1 atom stereocenters. The predicted molar refractivity (Wildman–Crippen MR) is 108 cm³/mol. The van der Waals surface area contributed by atoms with Gasteiger partial charge in [-0.05, 0) is 42.7 Å². The molecule has 0 radical (unpaired) electrons. The standard InChI is InChI=1S/C23H24FN3O2/c24-20-10-8-19(9-11-20)23(28)27(16-21-7-4-14-29-21)17-22-25-12-13-26(22)15-18-5-2-1-3-6-18/h1-3,5-6,8-13,21H,4,7,14-17H2/t21-/m0/s1. The zero-order valence-corrected chi connectivity index (χ0v) is 16.2. The lowest BCUT2D eigenvalue weighted by molar-refractivity contribution is 0.0499. The van der Waals surface area contributed by atoms with Crippen LogP contribution in [0.3, 0.4) is 0 Å². The molecule has 0 unspecified atom stereocenters. The number of benzene rings is 2. The maximum atomic E-state index is 13.3. The Kier molecular flexibility index (Phi) is 6.00. The van der Waals surface area contributed by atoms with Crippen molar-refractivity contribution in [2.45, 2.75) is 32.0 Å². The summed E-state index contributed by atoms with van der Waals surface area (Å²) in [7, 11) is 0. The van der Waals surface area contributed by atoms with Gasteiger partial charge >= 0.3 is 0 Å². The third-order valence-corrected chi connectivity index (χ3v) is 5.16. The third-order valence-electron chi connectivity index (χ3n) is 5.16. The molecule has 0 aliphatic carbocycles. The molecule has 6 heteroatoms. The summed E-state index contributed by atoms with van der Waals surface area (Å²) in [6.45, 7) is 2.28. The van der Waals surface area contributed by atoms with Crippen LogP contribution in [-0.2, 0) is 17.8 Å². The number of carbonyl (C=O) groups excluding carboxylic acids is 1. The van der Waals surface area contributed by atoms with Crippen LogP contribution in [0.2, 0.25) is 0 Å². The number of amides is 1. The largest absolute Gasteiger partial charge is 0.376 e. The number of imidazole rings is 1. The van der Waals surface area contributed by atoms with Crippen LogP contribution in [0.4, 0.5) is 4.39 Å². The molecule has 1 aliphatic heterocycles. The summed E-state index contributed by atoms with van der Waals surface area (Å²) in [6, 6.07) is 15.8. The molecule has 1 amide bonds. The van der Waals surface area contributed by atoms with Crippen molar-refractivity contribution in [3.05, 3.63) is 89.8 Å². The first-order valence-electron chi connectivity index (χ1n) is 9.89. The fraction of sp³-hybridized carbons (Fsp3) is 0.304. The van der Waals surface area contributed by atoms with Gasteiger partial charge in [-0.3, -0.25) is 4.79 Å². The lowest BCUT2D eigenvalue weighted by Gasteiger charge is -2.25. The maximum absolute atomic E-state index is 13.3. The van der Waals surface area contributed by atoms with E-state index in [0.29, 0.717) is 25.2 Å². The number of hydrogen-bond donors (Lipinski definition) is 0. The van der Waals surface area contributed by atoms with Gasteiger partial charge in [0.15, 0.2) is 0 Å². The molecule has 0 N–H and O–H groups in total. The Balaban J connectivity index is 1.54. The first kappa shape index (κ1) is 19.3. The molecule has 2 aromatic carbocycles. The lowest BCUT2D eigenvalue weighted by atomic mass is 10.1. The van der Waals surface area contributed by atoms with Gasteiger partial charge in [0, 0.05) is 37.7 Å². The monoisotopic (exact) mass is 393 g/mol. The van der Waals surface area contributed by atoms with E-state index in [-0.39, 0.29) is 17.8 Å². The highest BCUT2D eigenvalue weighted by Crippen LogP contribution is 2.18. The van der Waals surface area contributed by atoms with Gasteiger partial charge in [0.05, 0.1) is 12.6 Å². The highest BCUT2D eigenvalue weighted by atomic mass is 19.1. The van der Waals surface area contributed by atoms with E-state index in [1.165, 1.54) is 29.8 Å². The molecule has 1 fully saturated rings. The first-order valence-corrected chi connectivity index (χ1v) is 9.89. The molecule has 1 aliphatic rings. The highest BCUT2D eigenvalue weighted by Gasteiger charge is 2.25. The Morgan fingerprint density at radius 1 is 1.17 bits per heavy atom. The molecule has 2 heterocycles. The van der Waals surface area contributed by atoms with Gasteiger partial charge in [-0.2, -0.15) is 0 Å². The maximum Gasteiger partial charge on any atom is 0.254 e. The molecule has 4 rings (SSSR count). The molecule has 5 nitrogen and oxygen atoms in total. The van der Waals surface area contributed by atoms with Crippen LogP contribution >= 0.6 is 0 Å². The second-order valence-electron chi connectivity index (χ2n) is 7.28. The predicted octanol–water partition coefficient (Wildman–Crippen LogP) is 3.89. The van der Waals surface area contributed by atoms with Crippen molar-refractivity contribution in [1.82, 2.24) is 14.5 Å². The fourth-order valence-corrected chi connectivity index (χ4v) is 3.61. The Morgan fingerprint density at radius 2 is 1.97 bits per heavy atom. The lowest BCUT2D eigenvalue weighted by Crippen LogP contribution is -2.37. The molecule has 1 saturated heterocycles. The van der Waals surface area contributed by atoms with E-state index in [1.807, 2.05) is 24.4 Å². The Bertz CT molecular complexity index is 934. The number of ether oxygens (including phenoxy) is 1. The van der Waals surface area contributed by atoms with E-state index in [9.17, 15) is 9.18 Å². The van der Waals surface area contributed by atoms with Crippen molar-refractivity contribution in [2.24, 2.45) is 0 Å². The Labute approximate surface area is 169 Å². The van der Waals surface area contributed by atoms with Crippen molar-refractivity contribution < 1.29 is 13.9 Å². The minimum absolute atomic E-state index is 0.0249. The first-order chi connectivity index (χ1) is 14.2. The molecule has 0 bridgehead atoms. The van der Waals surface area contributed by atoms with Crippen LogP contribution < -0.4 is 0 Å². The van der Waals surface area contributed by atoms with E-state index in [0.717, 1.165) is 25.3 Å². The van der Waals surface area contributed by atoms with Crippen LogP contribution in [0, 0.1) is 5.82 Å². The van der Waals surface area contributed by atoms with Crippen molar-refractivity contribution in [2.75, 3.05) is 13.2 Å². The van der Waals surface area contributed by atoms with E-state index in [4.69, 9.17) is 4.74 Å². The molecule has 29 heavy (non-hydrogen) atoms. The molecule has 1 aromatic heterocycles. The van der Waals surface area contributed by atoms with E-state index < -0.39 is 0 Å². The van der Waals surface area contributed by atoms with Gasteiger partial charge in [-0.1, -0.05) is 30.3 Å². The van der Waals surface area contributed by atoms with E-state index in [2.05, 4.69) is 21.7 Å². The smallest absolute Gasteiger partial charge is 0.254 e. The molecule has 0 spiro atoms. The summed E-state index contributed by atoms with van der Waals surface area (Å²) in [5, 5.41) is 0. The average Bonchev–Trinajstić information content (AvgIpc) is 3.41. The molecular formula is C23H24FN3O2. The number of nitrogens with zero attached hydrogens (tertiary/aromatic N) is 3. The normalized spacial score (nSPS) is 16.1. The average molecular weight is 393 g/mol. The minimum atomic E-state index is -0.356. The van der Waals surface area contributed by atoms with Crippen LogP contribution in [0.15, 0.2) is 67.0 Å². The summed E-state index contributed by atoms with van der Waals surface area (Å²) in [5.74, 6) is 0.308. The van der Waals surface area contributed by atoms with Gasteiger partial charge in [0.25, 0.3) is 5.91 Å². The molecule has 3 aromatic rings. The summed E-state index contributed by atoms with van der Waals surface area (Å²) in [6.07, 6.45) is 5.65. The van der Waals surface area contributed by atoms with Crippen LogP contribution in [0.5, 0.6) is 0 Å². The van der Waals surface area contributed by atoms with Crippen molar-refractivity contribution in [1.29, 1.82) is 0 Å². The summed E-state index contributed by atoms with van der Waals surface area (Å²) in [4.78, 5) is 19.4. The summed E-state index contributed by atoms with van der Waals surface area (Å²) in [5.41, 5.74) is 1.63. The van der Waals surface area contributed by atoms with Crippen LogP contribution in [0.1, 0.15) is 34.6 Å². The van der Waals surface area contributed by atoms with E-state index in [1.54, 1.807) is 11.1 Å². The summed E-state index contributed by atoms with van der Waals surface area (Å²) < 4.78 is 21.1. The van der Waals surface area contributed by atoms with Crippen LogP contribution in [-0.4, -0.2) is 39.6 Å². The zero-order valence-electron chi connectivity index (χ0n) is 16.2. The topological polar surface area (TPSA) is 47.4 Å². The van der Waals surface area contributed by atoms with Crippen molar-refractivity contribution >= 4 is 5.91 Å². The molecule has 0 saturated carbocycles. The summed E-state index contributed by atoms with van der Waals surface area (Å²) >= 11 is 0. The van der Waals surface area contributed by atoms with Gasteiger partial charge in [-0.25, -0.2) is 9.37 Å². The number of halogens is 1. The van der Waals surface area contributed by atoms with Gasteiger partial charge < -0.3 is 14.2 Å². The Morgan fingerprint density at radius 3 is 2.69 bits per heavy atom. The number of aromatic nitrogens is 2. The fourth-order valence-electron chi connectivity index (χ4n) is 3.61. The van der Waals surface area contributed by atoms with Crippen molar-refractivity contribution in [3.63, 3.8) is 0 Å². The second kappa shape index (κ2) is 9.01. The van der Waals surface area contributed by atoms with Gasteiger partial charge in [0.1, 0.15) is 11.6 Å². The number of carbonyl (C=O) groups is 1.